The number of rotatable bonds is 8. The molecule has 3 rings (SSSR count). The molecule has 8 heteroatoms. The number of amides is 1. The monoisotopic (exact) mass is 343 g/mol. The van der Waals surface area contributed by atoms with Crippen LogP contribution in [0.1, 0.15) is 19.2 Å². The van der Waals surface area contributed by atoms with Gasteiger partial charge in [-0.05, 0) is 19.4 Å². The molecular weight excluding hydrogens is 322 g/mol. The van der Waals surface area contributed by atoms with Crippen LogP contribution in [0.2, 0.25) is 0 Å². The number of para-hydroxylation sites is 1. The fourth-order valence-corrected chi connectivity index (χ4v) is 2.69. The van der Waals surface area contributed by atoms with Crippen LogP contribution in [0.3, 0.4) is 0 Å². The molecule has 2 aromatic heterocycles. The molecule has 0 saturated heterocycles. The number of imidazole rings is 1. The Morgan fingerprint density at radius 2 is 2.12 bits per heavy atom. The molecule has 0 atom stereocenters. The van der Waals surface area contributed by atoms with Gasteiger partial charge in [-0.3, -0.25) is 4.98 Å². The molecule has 132 valence electrons. The van der Waals surface area contributed by atoms with Crippen LogP contribution < -0.4 is 10.7 Å². The molecule has 0 fully saturated rings. The number of nitrogens with one attached hydrogen (secondary N) is 2. The van der Waals surface area contributed by atoms with E-state index in [1.165, 1.54) is 0 Å². The van der Waals surface area contributed by atoms with Crippen molar-refractivity contribution in [3.05, 3.63) is 36.3 Å². The SMILES string of the molecule is CCOCc1nc2cnc3ccccc3c2n1NCCCNC(=O)O. The Morgan fingerprint density at radius 3 is 2.92 bits per heavy atom. The Balaban J connectivity index is 1.91. The van der Waals surface area contributed by atoms with Gasteiger partial charge in [0.05, 0.1) is 11.7 Å². The Hall–Kier alpha value is -2.87. The van der Waals surface area contributed by atoms with Crippen molar-refractivity contribution in [2.45, 2.75) is 20.0 Å². The predicted molar refractivity (Wildman–Crippen MR) is 95.2 cm³/mol. The number of fused-ring (bicyclic) bond motifs is 3. The summed E-state index contributed by atoms with van der Waals surface area (Å²) in [6, 6.07) is 7.90. The summed E-state index contributed by atoms with van der Waals surface area (Å²) in [7, 11) is 0. The van der Waals surface area contributed by atoms with Gasteiger partial charge in [-0.1, -0.05) is 18.2 Å². The maximum atomic E-state index is 10.5. The molecule has 1 amide bonds. The van der Waals surface area contributed by atoms with Crippen LogP contribution in [-0.2, 0) is 11.3 Å². The number of hydrogen-bond acceptors (Lipinski definition) is 5. The van der Waals surface area contributed by atoms with Crippen molar-refractivity contribution in [3.63, 3.8) is 0 Å². The number of carbonyl (C=O) groups is 1. The Kier molecular flexibility index (Phi) is 5.30. The van der Waals surface area contributed by atoms with Gasteiger partial charge < -0.3 is 20.6 Å². The van der Waals surface area contributed by atoms with Crippen LogP contribution >= 0.6 is 0 Å². The van der Waals surface area contributed by atoms with Crippen molar-refractivity contribution in [2.75, 3.05) is 25.1 Å². The lowest BCUT2D eigenvalue weighted by molar-refractivity contribution is 0.127. The molecule has 0 radical (unpaired) electrons. The van der Waals surface area contributed by atoms with Gasteiger partial charge >= 0.3 is 6.09 Å². The third kappa shape index (κ3) is 3.80. The average Bonchev–Trinajstić information content (AvgIpc) is 2.97. The third-order valence-corrected chi connectivity index (χ3v) is 3.79. The summed E-state index contributed by atoms with van der Waals surface area (Å²) in [5.41, 5.74) is 5.97. The van der Waals surface area contributed by atoms with E-state index in [0.29, 0.717) is 32.7 Å². The standard InChI is InChI=1S/C17H21N5O3/c1-2-25-11-15-21-14-10-19-13-7-4-3-6-12(13)16(14)22(15)20-9-5-8-18-17(23)24/h3-4,6-7,10,18,20H,2,5,8-9,11H2,1H3,(H,23,24). The quantitative estimate of drug-likeness (QED) is 0.543. The molecule has 25 heavy (non-hydrogen) atoms. The van der Waals surface area contributed by atoms with Crippen LogP contribution in [0.25, 0.3) is 21.9 Å². The second kappa shape index (κ2) is 7.80. The molecule has 1 aromatic carbocycles. The van der Waals surface area contributed by atoms with Crippen LogP contribution in [-0.4, -0.2) is 45.5 Å². The van der Waals surface area contributed by atoms with E-state index in [1.807, 2.05) is 35.9 Å². The van der Waals surface area contributed by atoms with Crippen LogP contribution in [0.5, 0.6) is 0 Å². The van der Waals surface area contributed by atoms with E-state index in [1.54, 1.807) is 6.20 Å². The van der Waals surface area contributed by atoms with Crippen molar-refractivity contribution < 1.29 is 14.6 Å². The normalized spacial score (nSPS) is 11.1. The molecule has 2 heterocycles. The number of aromatic nitrogens is 3. The number of pyridine rings is 1. The lowest BCUT2D eigenvalue weighted by Gasteiger charge is -2.13. The largest absolute Gasteiger partial charge is 0.465 e. The number of nitrogens with zero attached hydrogens (tertiary/aromatic N) is 3. The maximum Gasteiger partial charge on any atom is 0.404 e. The van der Waals surface area contributed by atoms with E-state index < -0.39 is 6.09 Å². The summed E-state index contributed by atoms with van der Waals surface area (Å²) in [5.74, 6) is 0.765. The molecule has 3 aromatic rings. The van der Waals surface area contributed by atoms with Gasteiger partial charge in [0, 0.05) is 25.1 Å². The zero-order chi connectivity index (χ0) is 17.6. The lowest BCUT2D eigenvalue weighted by atomic mass is 10.2. The van der Waals surface area contributed by atoms with Crippen molar-refractivity contribution in [3.8, 4) is 0 Å². The Morgan fingerprint density at radius 1 is 1.28 bits per heavy atom. The number of ether oxygens (including phenoxy) is 1. The van der Waals surface area contributed by atoms with Crippen molar-refractivity contribution >= 4 is 28.0 Å². The summed E-state index contributed by atoms with van der Waals surface area (Å²) in [4.78, 5) is 19.6. The van der Waals surface area contributed by atoms with E-state index in [9.17, 15) is 4.79 Å². The zero-order valence-electron chi connectivity index (χ0n) is 14.0. The molecule has 0 spiro atoms. The molecule has 0 unspecified atom stereocenters. The fourth-order valence-electron chi connectivity index (χ4n) is 2.69. The molecule has 0 aliphatic rings. The predicted octanol–water partition coefficient (Wildman–Crippen LogP) is 2.32. The lowest BCUT2D eigenvalue weighted by Crippen LogP contribution is -2.26. The molecule has 0 bridgehead atoms. The molecule has 3 N–H and O–H groups in total. The molecule has 8 nitrogen and oxygen atoms in total. The van der Waals surface area contributed by atoms with Crippen LogP contribution in [0.15, 0.2) is 30.5 Å². The first-order valence-corrected chi connectivity index (χ1v) is 8.24. The van der Waals surface area contributed by atoms with Gasteiger partial charge in [0.15, 0.2) is 5.82 Å². The summed E-state index contributed by atoms with van der Waals surface area (Å²) in [6.45, 7) is 3.92. The van der Waals surface area contributed by atoms with Gasteiger partial charge in [0.2, 0.25) is 0 Å². The summed E-state index contributed by atoms with van der Waals surface area (Å²) in [5, 5.41) is 12.0. The van der Waals surface area contributed by atoms with E-state index in [2.05, 4.69) is 20.7 Å². The van der Waals surface area contributed by atoms with Crippen molar-refractivity contribution in [2.24, 2.45) is 0 Å². The van der Waals surface area contributed by atoms with Gasteiger partial charge in [-0.2, -0.15) is 0 Å². The first-order valence-electron chi connectivity index (χ1n) is 8.24. The molecule has 0 saturated carbocycles. The van der Waals surface area contributed by atoms with Gasteiger partial charge in [0.25, 0.3) is 0 Å². The van der Waals surface area contributed by atoms with Gasteiger partial charge in [-0.15, -0.1) is 0 Å². The fraction of sp³-hybridized carbons (Fsp3) is 0.353. The van der Waals surface area contributed by atoms with Gasteiger partial charge in [-0.25, -0.2) is 14.5 Å². The summed E-state index contributed by atoms with van der Waals surface area (Å²) in [6.07, 6.45) is 1.41. The maximum absolute atomic E-state index is 10.5. The highest BCUT2D eigenvalue weighted by Gasteiger charge is 2.14. The minimum Gasteiger partial charge on any atom is -0.465 e. The highest BCUT2D eigenvalue weighted by Crippen LogP contribution is 2.24. The smallest absolute Gasteiger partial charge is 0.404 e. The van der Waals surface area contributed by atoms with Crippen LogP contribution in [0.4, 0.5) is 4.79 Å². The van der Waals surface area contributed by atoms with E-state index in [4.69, 9.17) is 9.84 Å². The zero-order valence-corrected chi connectivity index (χ0v) is 14.0. The van der Waals surface area contributed by atoms with Crippen molar-refractivity contribution in [1.82, 2.24) is 20.0 Å². The minimum absolute atomic E-state index is 0.387. The number of benzene rings is 1. The van der Waals surface area contributed by atoms with E-state index >= 15 is 0 Å². The highest BCUT2D eigenvalue weighted by atomic mass is 16.5. The average molecular weight is 343 g/mol. The minimum atomic E-state index is -1.01. The summed E-state index contributed by atoms with van der Waals surface area (Å²) >= 11 is 0. The second-order valence-electron chi connectivity index (χ2n) is 5.50. The Labute approximate surface area is 144 Å². The first kappa shape index (κ1) is 17.0. The van der Waals surface area contributed by atoms with E-state index in [-0.39, 0.29) is 0 Å². The van der Waals surface area contributed by atoms with E-state index in [0.717, 1.165) is 27.8 Å². The topological polar surface area (TPSA) is 101 Å². The first-order chi connectivity index (χ1) is 12.2. The van der Waals surface area contributed by atoms with Crippen LogP contribution in [0, 0.1) is 0 Å². The molecular formula is C17H21N5O3. The number of hydrogen-bond donors (Lipinski definition) is 3. The molecule has 0 aliphatic carbocycles. The number of carboxylic acid groups (broad SMARTS) is 1. The summed E-state index contributed by atoms with van der Waals surface area (Å²) < 4.78 is 7.45. The third-order valence-electron chi connectivity index (χ3n) is 3.79. The van der Waals surface area contributed by atoms with Crippen molar-refractivity contribution in [1.29, 1.82) is 0 Å². The highest BCUT2D eigenvalue weighted by molar-refractivity contribution is 6.02. The Bertz CT molecular complexity index is 877. The molecule has 0 aliphatic heterocycles. The van der Waals surface area contributed by atoms with Gasteiger partial charge in [0.1, 0.15) is 17.6 Å². The second-order valence-corrected chi connectivity index (χ2v) is 5.50.